The molecule has 3 aliphatic rings. The quantitative estimate of drug-likeness (QED) is 0.370. The van der Waals surface area contributed by atoms with Crippen LogP contribution in [0.5, 0.6) is 0 Å². The first-order valence-electron chi connectivity index (χ1n) is 14.1. The van der Waals surface area contributed by atoms with Crippen LogP contribution in [0.25, 0.3) is 6.08 Å². The molecule has 198 valence electrons. The SMILES string of the molecule is C1CCCCC1.CC.CC.CC(=O)c1ccc(C2=NCCC2)cc1.CC1=Cc2cc(Cl)ccc2C1C. The van der Waals surface area contributed by atoms with Gasteiger partial charge in [-0.05, 0) is 55.5 Å². The number of aliphatic imine (C=N–C) groups is 1. The number of hydrogen-bond acceptors (Lipinski definition) is 2. The molecule has 5 rings (SSSR count). The van der Waals surface area contributed by atoms with Crippen molar-refractivity contribution in [3.8, 4) is 0 Å². The van der Waals surface area contributed by atoms with Gasteiger partial charge in [-0.1, -0.05) is 127 Å². The van der Waals surface area contributed by atoms with Crippen LogP contribution < -0.4 is 0 Å². The number of hydrogen-bond donors (Lipinski definition) is 0. The van der Waals surface area contributed by atoms with Crippen LogP contribution in [0.15, 0.2) is 53.0 Å². The Kier molecular flexibility index (Phi) is 16.0. The zero-order chi connectivity index (χ0) is 26.9. The second-order valence-electron chi connectivity index (χ2n) is 9.07. The van der Waals surface area contributed by atoms with Crippen LogP contribution in [0, 0.1) is 0 Å². The molecule has 2 nitrogen and oxygen atoms in total. The molecule has 2 aromatic rings. The van der Waals surface area contributed by atoms with Crippen molar-refractivity contribution in [3.63, 3.8) is 0 Å². The van der Waals surface area contributed by atoms with Crippen molar-refractivity contribution in [2.24, 2.45) is 4.99 Å². The van der Waals surface area contributed by atoms with E-state index < -0.39 is 0 Å². The van der Waals surface area contributed by atoms with Crippen LogP contribution >= 0.6 is 11.6 Å². The molecule has 0 aromatic heterocycles. The third kappa shape index (κ3) is 10.4. The van der Waals surface area contributed by atoms with Gasteiger partial charge in [-0.3, -0.25) is 9.79 Å². The van der Waals surface area contributed by atoms with Crippen molar-refractivity contribution < 1.29 is 4.79 Å². The molecule has 2 aromatic carbocycles. The Balaban J connectivity index is 0.000000267. The van der Waals surface area contributed by atoms with E-state index in [1.54, 1.807) is 6.92 Å². The fraction of sp³-hybridized carbons (Fsp3) is 0.515. The minimum atomic E-state index is 0.116. The number of carbonyl (C=O) groups is 1. The summed E-state index contributed by atoms with van der Waals surface area (Å²) in [5.41, 5.74) is 7.22. The van der Waals surface area contributed by atoms with Crippen molar-refractivity contribution in [1.82, 2.24) is 0 Å². The minimum absolute atomic E-state index is 0.116. The summed E-state index contributed by atoms with van der Waals surface area (Å²) < 4.78 is 0. The topological polar surface area (TPSA) is 29.4 Å². The lowest BCUT2D eigenvalue weighted by molar-refractivity contribution is 0.101. The van der Waals surface area contributed by atoms with Crippen LogP contribution in [0.2, 0.25) is 5.02 Å². The lowest BCUT2D eigenvalue weighted by Gasteiger charge is -2.06. The predicted molar refractivity (Wildman–Crippen MR) is 161 cm³/mol. The average molecular weight is 510 g/mol. The minimum Gasteiger partial charge on any atom is -0.295 e. The molecule has 36 heavy (non-hydrogen) atoms. The molecule has 1 heterocycles. The van der Waals surface area contributed by atoms with Crippen molar-refractivity contribution in [2.45, 2.75) is 106 Å². The highest BCUT2D eigenvalue weighted by molar-refractivity contribution is 6.30. The number of halogens is 1. The molecular formula is C33H48ClNO. The maximum Gasteiger partial charge on any atom is 0.159 e. The highest BCUT2D eigenvalue weighted by Crippen LogP contribution is 2.36. The molecule has 1 saturated carbocycles. The summed E-state index contributed by atoms with van der Waals surface area (Å²) in [6.07, 6.45) is 13.4. The second-order valence-corrected chi connectivity index (χ2v) is 9.51. The number of nitrogens with zero attached hydrogens (tertiary/aromatic N) is 1. The average Bonchev–Trinajstić information content (AvgIpc) is 3.56. The molecule has 0 saturated heterocycles. The summed E-state index contributed by atoms with van der Waals surface area (Å²) in [6.45, 7) is 14.9. The van der Waals surface area contributed by atoms with Gasteiger partial charge >= 0.3 is 0 Å². The molecule has 1 unspecified atom stereocenters. The van der Waals surface area contributed by atoms with E-state index in [-0.39, 0.29) is 5.78 Å². The van der Waals surface area contributed by atoms with Crippen LogP contribution in [-0.2, 0) is 0 Å². The number of ketones is 1. The highest BCUT2D eigenvalue weighted by atomic mass is 35.5. The molecule has 1 fully saturated rings. The number of benzene rings is 2. The van der Waals surface area contributed by atoms with Gasteiger partial charge in [-0.15, -0.1) is 0 Å². The first kappa shape index (κ1) is 31.8. The van der Waals surface area contributed by atoms with Crippen molar-refractivity contribution in [3.05, 3.63) is 75.3 Å². The van der Waals surface area contributed by atoms with Gasteiger partial charge in [0.2, 0.25) is 0 Å². The Labute approximate surface area is 226 Å². The summed E-state index contributed by atoms with van der Waals surface area (Å²) in [7, 11) is 0. The van der Waals surface area contributed by atoms with Crippen LogP contribution in [0.1, 0.15) is 133 Å². The first-order chi connectivity index (χ1) is 17.5. The third-order valence-corrected chi connectivity index (χ3v) is 6.82. The Morgan fingerprint density at radius 1 is 0.861 bits per heavy atom. The van der Waals surface area contributed by atoms with Crippen molar-refractivity contribution in [2.75, 3.05) is 6.54 Å². The van der Waals surface area contributed by atoms with E-state index in [1.165, 1.54) is 60.9 Å². The Morgan fingerprint density at radius 2 is 1.42 bits per heavy atom. The summed E-state index contributed by atoms with van der Waals surface area (Å²) in [4.78, 5) is 15.5. The zero-order valence-electron chi connectivity index (χ0n) is 23.8. The van der Waals surface area contributed by atoms with E-state index in [0.29, 0.717) is 5.92 Å². The second kappa shape index (κ2) is 18.1. The van der Waals surface area contributed by atoms with E-state index in [4.69, 9.17) is 11.6 Å². The molecule has 0 bridgehead atoms. The fourth-order valence-corrected chi connectivity index (χ4v) is 4.59. The highest BCUT2D eigenvalue weighted by Gasteiger charge is 2.17. The number of allylic oxidation sites excluding steroid dienone is 1. The van der Waals surface area contributed by atoms with Gasteiger partial charge in [0.05, 0.1) is 0 Å². The predicted octanol–water partition coefficient (Wildman–Crippen LogP) is 10.7. The van der Waals surface area contributed by atoms with Gasteiger partial charge < -0.3 is 0 Å². The summed E-state index contributed by atoms with van der Waals surface area (Å²) in [6, 6.07) is 13.8. The van der Waals surface area contributed by atoms with Crippen LogP contribution in [0.4, 0.5) is 0 Å². The van der Waals surface area contributed by atoms with Gasteiger partial charge in [0.1, 0.15) is 0 Å². The first-order valence-corrected chi connectivity index (χ1v) is 14.5. The molecular weight excluding hydrogens is 462 g/mol. The molecule has 0 amide bonds. The summed E-state index contributed by atoms with van der Waals surface area (Å²) in [5.74, 6) is 0.683. The molecule has 0 N–H and O–H groups in total. The third-order valence-electron chi connectivity index (χ3n) is 6.58. The standard InChI is InChI=1S/C12H13NO.C11H11Cl.C6H12.2C2H6/c1-9(14)10-4-6-11(7-5-10)12-3-2-8-13-12;1-7-5-9-6-10(12)3-4-11(9)8(7)2;1-2-4-6-5-3-1;2*1-2/h4-7H,2-3,8H2,1H3;3-6,8H,1-2H3;1-6H2;2*1-2H3. The van der Waals surface area contributed by atoms with E-state index in [1.807, 2.05) is 64.1 Å². The van der Waals surface area contributed by atoms with Crippen molar-refractivity contribution in [1.29, 1.82) is 0 Å². The lowest BCUT2D eigenvalue weighted by Crippen LogP contribution is -1.97. The largest absolute Gasteiger partial charge is 0.295 e. The van der Waals surface area contributed by atoms with E-state index in [2.05, 4.69) is 31.0 Å². The summed E-state index contributed by atoms with van der Waals surface area (Å²) >= 11 is 5.89. The normalized spacial score (nSPS) is 17.2. The molecule has 1 aliphatic heterocycles. The Hall–Kier alpha value is -2.19. The Bertz CT molecular complexity index is 956. The zero-order valence-corrected chi connectivity index (χ0v) is 24.5. The molecule has 0 radical (unpaired) electrons. The Morgan fingerprint density at radius 3 is 1.89 bits per heavy atom. The number of rotatable bonds is 2. The maximum absolute atomic E-state index is 11.0. The van der Waals surface area contributed by atoms with E-state index in [0.717, 1.165) is 35.5 Å². The molecule has 2 aliphatic carbocycles. The van der Waals surface area contributed by atoms with Crippen molar-refractivity contribution >= 4 is 29.2 Å². The summed E-state index contributed by atoms with van der Waals surface area (Å²) in [5, 5.41) is 0.826. The van der Waals surface area contributed by atoms with Crippen LogP contribution in [0.3, 0.4) is 0 Å². The number of fused-ring (bicyclic) bond motifs is 1. The smallest absolute Gasteiger partial charge is 0.159 e. The van der Waals surface area contributed by atoms with E-state index in [9.17, 15) is 4.79 Å². The molecule has 3 heteroatoms. The van der Waals surface area contributed by atoms with Gasteiger partial charge in [-0.25, -0.2) is 0 Å². The number of carbonyl (C=O) groups excluding carboxylic acids is 1. The van der Waals surface area contributed by atoms with Gasteiger partial charge in [0, 0.05) is 28.8 Å². The lowest BCUT2D eigenvalue weighted by atomic mass is 9.99. The molecule has 0 spiro atoms. The maximum atomic E-state index is 11.0. The monoisotopic (exact) mass is 509 g/mol. The van der Waals surface area contributed by atoms with Gasteiger partial charge in [0.25, 0.3) is 0 Å². The fourth-order valence-electron chi connectivity index (χ4n) is 4.41. The van der Waals surface area contributed by atoms with Crippen LogP contribution in [-0.4, -0.2) is 18.0 Å². The van der Waals surface area contributed by atoms with Gasteiger partial charge in [0.15, 0.2) is 5.78 Å². The van der Waals surface area contributed by atoms with Gasteiger partial charge in [-0.2, -0.15) is 0 Å². The number of Topliss-reactive ketones (excluding diaryl/α,β-unsaturated/α-hetero) is 1. The van der Waals surface area contributed by atoms with E-state index >= 15 is 0 Å². The molecule has 1 atom stereocenters.